The molecule has 42 heavy (non-hydrogen) atoms. The Kier molecular flexibility index (Phi) is 26.2. The summed E-state index contributed by atoms with van der Waals surface area (Å²) < 4.78 is 25.1. The maximum absolute atomic E-state index is 9.27. The predicted molar refractivity (Wildman–Crippen MR) is 151 cm³/mol. The van der Waals surface area contributed by atoms with Gasteiger partial charge in [0.05, 0.1) is 113 Å². The van der Waals surface area contributed by atoms with Crippen LogP contribution >= 0.6 is 0 Å². The van der Waals surface area contributed by atoms with Gasteiger partial charge in [-0.1, -0.05) is 0 Å². The van der Waals surface area contributed by atoms with Crippen molar-refractivity contribution in [3.63, 3.8) is 0 Å². The Balaban J connectivity index is 6.63. The summed E-state index contributed by atoms with van der Waals surface area (Å²) in [7, 11) is 0. The van der Waals surface area contributed by atoms with Crippen LogP contribution in [0.4, 0.5) is 0 Å². The van der Waals surface area contributed by atoms with Crippen LogP contribution < -0.4 is 0 Å². The Labute approximate surface area is 251 Å². The summed E-state index contributed by atoms with van der Waals surface area (Å²) in [6, 6.07) is 14.8. The molecule has 0 saturated carbocycles. The largest absolute Gasteiger partial charge is 0.377 e. The van der Waals surface area contributed by atoms with E-state index in [4.69, 9.17) is 40.0 Å². The molecule has 0 aromatic carbocycles. The van der Waals surface area contributed by atoms with Crippen molar-refractivity contribution in [2.24, 2.45) is 5.92 Å². The van der Waals surface area contributed by atoms with Gasteiger partial charge in [0.25, 0.3) is 0 Å². The second kappa shape index (κ2) is 28.8. The van der Waals surface area contributed by atoms with E-state index in [1.165, 1.54) is 0 Å². The van der Waals surface area contributed by atoms with Gasteiger partial charge in [0.1, 0.15) is 6.10 Å². The van der Waals surface area contributed by atoms with Gasteiger partial charge in [-0.25, -0.2) is 0 Å². The van der Waals surface area contributed by atoms with Crippen LogP contribution in [0.15, 0.2) is 0 Å². The van der Waals surface area contributed by atoms with Crippen LogP contribution in [-0.4, -0.2) is 50.8 Å². The Morgan fingerprint density at radius 3 is 1.21 bits per heavy atom. The highest BCUT2D eigenvalue weighted by atomic mass is 16.6. The van der Waals surface area contributed by atoms with Crippen molar-refractivity contribution in [3.05, 3.63) is 0 Å². The number of nitriles is 7. The van der Waals surface area contributed by atoms with Gasteiger partial charge >= 0.3 is 0 Å². The first-order valence-corrected chi connectivity index (χ1v) is 14.7. The van der Waals surface area contributed by atoms with Crippen LogP contribution in [-0.2, 0) is 18.9 Å². The molecule has 0 aliphatic rings. The molecule has 0 saturated heterocycles. The Bertz CT molecular complexity index is 920. The van der Waals surface area contributed by atoms with E-state index in [-0.39, 0.29) is 64.1 Å². The van der Waals surface area contributed by atoms with E-state index in [1.54, 1.807) is 0 Å². The standard InChI is InChI=1S/C31H43N7O4/c32-16-6-1-3-14-28(39-23-9-19-35)27(13-5-8-18-34)30(41-25-11-21-37)31(42-26-12-22-38)29(40-24-10-20-36)15-4-2-7-17-33/h27-31H,1-15,23-26H2. The molecule has 226 valence electrons. The predicted octanol–water partition coefficient (Wildman–Crippen LogP) is 5.66. The highest BCUT2D eigenvalue weighted by molar-refractivity contribution is 4.91. The van der Waals surface area contributed by atoms with Crippen molar-refractivity contribution in [1.29, 1.82) is 36.8 Å². The molecule has 11 heteroatoms. The number of rotatable bonds is 27. The quantitative estimate of drug-likeness (QED) is 0.109. The summed E-state index contributed by atoms with van der Waals surface area (Å²) in [5.41, 5.74) is 0. The maximum Gasteiger partial charge on any atom is 0.110 e. The Hall–Kier alpha value is -3.73. The molecule has 0 aromatic heterocycles. The SMILES string of the molecule is N#CCCCCC(OCCC#N)C(CCCC#N)C(OCCC#N)C(OCCC#N)C(CCCCC#N)OCCC#N. The van der Waals surface area contributed by atoms with Crippen molar-refractivity contribution in [3.8, 4) is 42.5 Å². The summed E-state index contributed by atoms with van der Waals surface area (Å²) in [5.74, 6) is -0.314. The maximum atomic E-state index is 9.27. The molecule has 0 aromatic rings. The molecular formula is C31H43N7O4. The fourth-order valence-corrected chi connectivity index (χ4v) is 4.71. The lowest BCUT2D eigenvalue weighted by atomic mass is 9.82. The third kappa shape index (κ3) is 18.6. The van der Waals surface area contributed by atoms with E-state index < -0.39 is 18.3 Å². The minimum absolute atomic E-state index is 0.114. The van der Waals surface area contributed by atoms with Gasteiger partial charge in [-0.3, -0.25) is 0 Å². The summed E-state index contributed by atoms with van der Waals surface area (Å²) in [6.45, 7) is 0.600. The van der Waals surface area contributed by atoms with Gasteiger partial charge < -0.3 is 18.9 Å². The molecule has 0 rings (SSSR count). The van der Waals surface area contributed by atoms with Crippen LogP contribution in [0, 0.1) is 85.2 Å². The van der Waals surface area contributed by atoms with Crippen molar-refractivity contribution >= 4 is 0 Å². The van der Waals surface area contributed by atoms with Gasteiger partial charge in [-0.05, 0) is 51.4 Å². The van der Waals surface area contributed by atoms with Crippen LogP contribution in [0.5, 0.6) is 0 Å². The van der Waals surface area contributed by atoms with Crippen molar-refractivity contribution in [2.75, 3.05) is 26.4 Å². The lowest BCUT2D eigenvalue weighted by molar-refractivity contribution is -0.174. The van der Waals surface area contributed by atoms with Gasteiger partial charge in [0.15, 0.2) is 0 Å². The average Bonchev–Trinajstić information content (AvgIpc) is 3.00. The molecule has 0 N–H and O–H groups in total. The van der Waals surface area contributed by atoms with E-state index in [0.29, 0.717) is 70.6 Å². The molecule has 0 heterocycles. The first kappa shape index (κ1) is 38.3. The number of ether oxygens (including phenoxy) is 4. The number of hydrogen-bond acceptors (Lipinski definition) is 11. The fraction of sp³-hybridized carbons (Fsp3) is 0.774. The van der Waals surface area contributed by atoms with Crippen molar-refractivity contribution in [2.45, 2.75) is 121 Å². The lowest BCUT2D eigenvalue weighted by Crippen LogP contribution is -2.50. The van der Waals surface area contributed by atoms with Crippen molar-refractivity contribution in [1.82, 2.24) is 0 Å². The zero-order valence-electron chi connectivity index (χ0n) is 24.6. The minimum atomic E-state index is -0.689. The van der Waals surface area contributed by atoms with Crippen molar-refractivity contribution < 1.29 is 18.9 Å². The topological polar surface area (TPSA) is 203 Å². The van der Waals surface area contributed by atoms with Gasteiger partial charge in [0.2, 0.25) is 0 Å². The summed E-state index contributed by atoms with van der Waals surface area (Å²) >= 11 is 0. The minimum Gasteiger partial charge on any atom is -0.377 e. The second-order valence-electron chi connectivity index (χ2n) is 9.64. The van der Waals surface area contributed by atoms with Crippen LogP contribution in [0.25, 0.3) is 0 Å². The fourth-order valence-electron chi connectivity index (χ4n) is 4.71. The molecule has 5 atom stereocenters. The smallest absolute Gasteiger partial charge is 0.110 e. The number of unbranched alkanes of at least 4 members (excludes halogenated alkanes) is 5. The van der Waals surface area contributed by atoms with E-state index in [0.717, 1.165) is 0 Å². The summed E-state index contributed by atoms with van der Waals surface area (Å²) in [5, 5.41) is 64.0. The molecule has 0 aliphatic carbocycles. The van der Waals surface area contributed by atoms with E-state index in [9.17, 15) is 15.8 Å². The summed E-state index contributed by atoms with van der Waals surface area (Å²) in [4.78, 5) is 0. The molecule has 0 spiro atoms. The van der Waals surface area contributed by atoms with Crippen LogP contribution in [0.2, 0.25) is 0 Å². The van der Waals surface area contributed by atoms with Gasteiger partial charge in [-0.2, -0.15) is 36.8 Å². The molecule has 0 radical (unpaired) electrons. The third-order valence-corrected chi connectivity index (χ3v) is 6.61. The zero-order valence-corrected chi connectivity index (χ0v) is 24.6. The average molecular weight is 578 g/mol. The molecule has 0 amide bonds. The van der Waals surface area contributed by atoms with E-state index in [2.05, 4.69) is 42.5 Å². The number of nitrogens with zero attached hydrogens (tertiary/aromatic N) is 7. The normalized spacial score (nSPS) is 13.8. The molecule has 0 fully saturated rings. The Morgan fingerprint density at radius 2 is 0.738 bits per heavy atom. The highest BCUT2D eigenvalue weighted by Gasteiger charge is 2.40. The summed E-state index contributed by atoms with van der Waals surface area (Å²) in [6.07, 6.45) is 4.42. The molecular weight excluding hydrogens is 534 g/mol. The first-order valence-electron chi connectivity index (χ1n) is 14.7. The van der Waals surface area contributed by atoms with Gasteiger partial charge in [-0.15, -0.1) is 0 Å². The van der Waals surface area contributed by atoms with E-state index >= 15 is 0 Å². The zero-order chi connectivity index (χ0) is 31.1. The third-order valence-electron chi connectivity index (χ3n) is 6.61. The molecule has 11 nitrogen and oxygen atoms in total. The van der Waals surface area contributed by atoms with Gasteiger partial charge in [0, 0.05) is 25.2 Å². The Morgan fingerprint density at radius 1 is 0.357 bits per heavy atom. The lowest BCUT2D eigenvalue weighted by Gasteiger charge is -2.40. The van der Waals surface area contributed by atoms with E-state index in [1.807, 2.05) is 0 Å². The van der Waals surface area contributed by atoms with Crippen LogP contribution in [0.3, 0.4) is 0 Å². The molecule has 0 bridgehead atoms. The molecule has 0 aliphatic heterocycles. The first-order chi connectivity index (χ1) is 20.6. The number of hydrogen-bond donors (Lipinski definition) is 0. The monoisotopic (exact) mass is 577 g/mol. The molecule has 5 unspecified atom stereocenters. The highest BCUT2D eigenvalue weighted by Crippen LogP contribution is 2.32. The second-order valence-corrected chi connectivity index (χ2v) is 9.64. The van der Waals surface area contributed by atoms with Crippen LogP contribution in [0.1, 0.15) is 96.3 Å².